The lowest BCUT2D eigenvalue weighted by atomic mass is 10.1. The number of hydrogen-bond donors (Lipinski definition) is 1. The Morgan fingerprint density at radius 3 is 2.38 bits per heavy atom. The van der Waals surface area contributed by atoms with Crippen LogP contribution >= 0.6 is 0 Å². The maximum Gasteiger partial charge on any atom is 0.179 e. The quantitative estimate of drug-likeness (QED) is 0.784. The van der Waals surface area contributed by atoms with Gasteiger partial charge in [0.1, 0.15) is 11.6 Å². The Labute approximate surface area is 123 Å². The van der Waals surface area contributed by atoms with Crippen molar-refractivity contribution in [2.45, 2.75) is 18.8 Å². The minimum atomic E-state index is 0.444. The average molecular weight is 278 g/mol. The summed E-state index contributed by atoms with van der Waals surface area (Å²) >= 11 is 0. The highest BCUT2D eigenvalue weighted by Crippen LogP contribution is 2.33. The van der Waals surface area contributed by atoms with Crippen LogP contribution in [0, 0.1) is 0 Å². The highest BCUT2D eigenvalue weighted by Gasteiger charge is 2.25. The van der Waals surface area contributed by atoms with Crippen molar-refractivity contribution in [3.63, 3.8) is 0 Å². The molecule has 2 aromatic heterocycles. The van der Waals surface area contributed by atoms with Gasteiger partial charge in [-0.2, -0.15) is 0 Å². The lowest BCUT2D eigenvalue weighted by molar-refractivity contribution is 0.696. The summed E-state index contributed by atoms with van der Waals surface area (Å²) in [6.07, 6.45) is 2.13. The van der Waals surface area contributed by atoms with E-state index in [-0.39, 0.29) is 0 Å². The average Bonchev–Trinajstić information content (AvgIpc) is 3.09. The van der Waals surface area contributed by atoms with Crippen LogP contribution in [-0.4, -0.2) is 29.0 Å². The van der Waals surface area contributed by atoms with E-state index in [0.29, 0.717) is 5.92 Å². The van der Waals surface area contributed by atoms with Gasteiger partial charge in [0.15, 0.2) is 5.65 Å². The third-order valence-electron chi connectivity index (χ3n) is 4.25. The second-order valence-electron chi connectivity index (χ2n) is 5.93. The molecule has 1 N–H and O–H groups in total. The molecule has 2 heterocycles. The van der Waals surface area contributed by atoms with E-state index in [1.54, 1.807) is 0 Å². The van der Waals surface area contributed by atoms with E-state index in [2.05, 4.69) is 40.3 Å². The SMILES string of the molecule is CN(C)c1ccc2[nH]c(C3Cc4ccccc4C3)nc2n1. The monoisotopic (exact) mass is 278 g/mol. The zero-order valence-corrected chi connectivity index (χ0v) is 12.3. The van der Waals surface area contributed by atoms with E-state index in [9.17, 15) is 0 Å². The van der Waals surface area contributed by atoms with Gasteiger partial charge in [-0.1, -0.05) is 24.3 Å². The first kappa shape index (κ1) is 12.4. The van der Waals surface area contributed by atoms with E-state index < -0.39 is 0 Å². The summed E-state index contributed by atoms with van der Waals surface area (Å²) in [7, 11) is 3.99. The molecule has 1 aromatic carbocycles. The Kier molecular flexibility index (Phi) is 2.70. The molecular formula is C17H18N4. The first-order valence-electron chi connectivity index (χ1n) is 7.31. The number of hydrogen-bond acceptors (Lipinski definition) is 3. The Balaban J connectivity index is 1.69. The minimum Gasteiger partial charge on any atom is -0.363 e. The van der Waals surface area contributed by atoms with Gasteiger partial charge in [-0.3, -0.25) is 0 Å². The molecule has 0 spiro atoms. The molecule has 4 nitrogen and oxygen atoms in total. The van der Waals surface area contributed by atoms with E-state index in [1.807, 2.05) is 25.1 Å². The van der Waals surface area contributed by atoms with Crippen LogP contribution in [0.3, 0.4) is 0 Å². The van der Waals surface area contributed by atoms with Crippen LogP contribution in [0.1, 0.15) is 22.9 Å². The van der Waals surface area contributed by atoms with Crippen molar-refractivity contribution in [1.82, 2.24) is 15.0 Å². The van der Waals surface area contributed by atoms with Crippen molar-refractivity contribution >= 4 is 17.0 Å². The fourth-order valence-electron chi connectivity index (χ4n) is 3.10. The fourth-order valence-corrected chi connectivity index (χ4v) is 3.10. The topological polar surface area (TPSA) is 44.8 Å². The Morgan fingerprint density at radius 2 is 1.71 bits per heavy atom. The largest absolute Gasteiger partial charge is 0.363 e. The lowest BCUT2D eigenvalue weighted by Gasteiger charge is -2.09. The third kappa shape index (κ3) is 2.07. The zero-order valence-electron chi connectivity index (χ0n) is 12.3. The number of nitrogens with one attached hydrogen (secondary N) is 1. The molecule has 0 atom stereocenters. The molecule has 0 unspecified atom stereocenters. The van der Waals surface area contributed by atoms with Gasteiger partial charge in [-0.25, -0.2) is 9.97 Å². The third-order valence-corrected chi connectivity index (χ3v) is 4.25. The summed E-state index contributed by atoms with van der Waals surface area (Å²) in [4.78, 5) is 14.8. The van der Waals surface area contributed by atoms with Gasteiger partial charge in [0.05, 0.1) is 5.52 Å². The smallest absolute Gasteiger partial charge is 0.179 e. The lowest BCUT2D eigenvalue weighted by Crippen LogP contribution is -2.10. The van der Waals surface area contributed by atoms with Crippen LogP contribution in [0.25, 0.3) is 11.2 Å². The van der Waals surface area contributed by atoms with Crippen molar-refractivity contribution in [2.24, 2.45) is 0 Å². The van der Waals surface area contributed by atoms with Crippen molar-refractivity contribution in [1.29, 1.82) is 0 Å². The molecule has 3 aromatic rings. The molecule has 1 aliphatic rings. The molecule has 0 bridgehead atoms. The zero-order chi connectivity index (χ0) is 14.4. The van der Waals surface area contributed by atoms with E-state index in [1.165, 1.54) is 11.1 Å². The molecule has 4 heteroatoms. The number of aromatic amines is 1. The van der Waals surface area contributed by atoms with Crippen LogP contribution in [0.4, 0.5) is 5.82 Å². The van der Waals surface area contributed by atoms with E-state index in [0.717, 1.165) is 35.6 Å². The molecule has 0 saturated carbocycles. The molecule has 1 aliphatic carbocycles. The maximum absolute atomic E-state index is 4.73. The first-order valence-corrected chi connectivity index (χ1v) is 7.31. The molecule has 4 rings (SSSR count). The van der Waals surface area contributed by atoms with Crippen molar-refractivity contribution in [3.8, 4) is 0 Å². The number of imidazole rings is 1. The number of rotatable bonds is 2. The number of anilines is 1. The summed E-state index contributed by atoms with van der Waals surface area (Å²) < 4.78 is 0. The Morgan fingerprint density at radius 1 is 1.00 bits per heavy atom. The van der Waals surface area contributed by atoms with Gasteiger partial charge in [0.25, 0.3) is 0 Å². The summed E-state index contributed by atoms with van der Waals surface area (Å²) in [5.74, 6) is 2.44. The fraction of sp³-hybridized carbons (Fsp3) is 0.294. The van der Waals surface area contributed by atoms with Crippen LogP contribution in [-0.2, 0) is 12.8 Å². The van der Waals surface area contributed by atoms with Crippen LogP contribution in [0.2, 0.25) is 0 Å². The maximum atomic E-state index is 4.73. The van der Waals surface area contributed by atoms with Crippen LogP contribution in [0.5, 0.6) is 0 Å². The van der Waals surface area contributed by atoms with Crippen molar-refractivity contribution in [2.75, 3.05) is 19.0 Å². The number of aromatic nitrogens is 3. The number of H-pyrrole nitrogens is 1. The number of nitrogens with zero attached hydrogens (tertiary/aromatic N) is 3. The second-order valence-corrected chi connectivity index (χ2v) is 5.93. The highest BCUT2D eigenvalue weighted by atomic mass is 15.1. The number of pyridine rings is 1. The normalized spacial score (nSPS) is 14.6. The first-order chi connectivity index (χ1) is 10.2. The van der Waals surface area contributed by atoms with Crippen LogP contribution in [0.15, 0.2) is 36.4 Å². The molecule has 0 radical (unpaired) electrons. The van der Waals surface area contributed by atoms with Gasteiger partial charge in [0.2, 0.25) is 0 Å². The highest BCUT2D eigenvalue weighted by molar-refractivity contribution is 5.73. The molecule has 0 fully saturated rings. The summed E-state index contributed by atoms with van der Waals surface area (Å²) in [5, 5.41) is 0. The molecule has 0 aliphatic heterocycles. The number of benzene rings is 1. The summed E-state index contributed by atoms with van der Waals surface area (Å²) in [6, 6.07) is 12.8. The van der Waals surface area contributed by atoms with Gasteiger partial charge in [-0.15, -0.1) is 0 Å². The van der Waals surface area contributed by atoms with Gasteiger partial charge >= 0.3 is 0 Å². The van der Waals surface area contributed by atoms with Crippen molar-refractivity contribution < 1.29 is 0 Å². The Hall–Kier alpha value is -2.36. The molecule has 21 heavy (non-hydrogen) atoms. The summed E-state index contributed by atoms with van der Waals surface area (Å²) in [5.41, 5.74) is 4.73. The number of fused-ring (bicyclic) bond motifs is 2. The van der Waals surface area contributed by atoms with Gasteiger partial charge < -0.3 is 9.88 Å². The van der Waals surface area contributed by atoms with Gasteiger partial charge in [-0.05, 0) is 36.1 Å². The van der Waals surface area contributed by atoms with E-state index >= 15 is 0 Å². The van der Waals surface area contributed by atoms with Gasteiger partial charge in [0, 0.05) is 20.0 Å². The molecule has 0 saturated heterocycles. The second kappa shape index (κ2) is 4.58. The van der Waals surface area contributed by atoms with E-state index in [4.69, 9.17) is 4.98 Å². The van der Waals surface area contributed by atoms with Crippen molar-refractivity contribution in [3.05, 3.63) is 53.3 Å². The molecular weight excluding hydrogens is 260 g/mol. The predicted octanol–water partition coefficient (Wildman–Crippen LogP) is 2.91. The minimum absolute atomic E-state index is 0.444. The molecule has 0 amide bonds. The summed E-state index contributed by atoms with van der Waals surface area (Å²) in [6.45, 7) is 0. The predicted molar refractivity (Wildman–Crippen MR) is 84.8 cm³/mol. The molecule has 106 valence electrons. The van der Waals surface area contributed by atoms with Crippen LogP contribution < -0.4 is 4.90 Å². The Bertz CT molecular complexity index is 778. The standard InChI is InChI=1S/C17H18N4/c1-21(2)15-8-7-14-17(19-15)20-16(18-14)13-9-11-5-3-4-6-12(11)10-13/h3-8,13H,9-10H2,1-2H3,(H,18,19,20).